The first kappa shape index (κ1) is 8.43. The zero-order valence-electron chi connectivity index (χ0n) is 6.15. The Morgan fingerprint density at radius 2 is 2.22 bits per heavy atom. The number of unbranched alkanes of at least 4 members (excludes halogenated alkanes) is 1. The molecule has 9 heavy (non-hydrogen) atoms. The second kappa shape index (κ2) is 4.32. The molecular formula is C6H15N3. The van der Waals surface area contributed by atoms with Crippen molar-refractivity contribution in [1.29, 1.82) is 5.41 Å². The summed E-state index contributed by atoms with van der Waals surface area (Å²) in [7, 11) is 0. The molecule has 0 unspecified atom stereocenters. The van der Waals surface area contributed by atoms with Crippen LogP contribution in [-0.4, -0.2) is 17.4 Å². The summed E-state index contributed by atoms with van der Waals surface area (Å²) >= 11 is 0. The van der Waals surface area contributed by atoms with Gasteiger partial charge in [0.25, 0.3) is 0 Å². The molecule has 0 fully saturated rings. The third-order valence-electron chi connectivity index (χ3n) is 1.18. The van der Waals surface area contributed by atoms with Gasteiger partial charge in [-0.05, 0) is 13.3 Å². The topological polar surface area (TPSA) is 53.1 Å². The quantitative estimate of drug-likeness (QED) is 0.258. The Hall–Kier alpha value is -0.570. The average Bonchev–Trinajstić information content (AvgIpc) is 1.82. The summed E-state index contributed by atoms with van der Waals surface area (Å²) in [5.41, 5.74) is 0. The molecule has 0 saturated carbocycles. The van der Waals surface area contributed by atoms with Crippen molar-refractivity contribution in [2.45, 2.75) is 26.7 Å². The van der Waals surface area contributed by atoms with Crippen LogP contribution in [0.5, 0.6) is 0 Å². The molecule has 0 atom stereocenters. The molecule has 0 aliphatic rings. The second-order valence-corrected chi connectivity index (χ2v) is 2.13. The molecule has 0 aliphatic heterocycles. The summed E-state index contributed by atoms with van der Waals surface area (Å²) in [6, 6.07) is 0. The highest BCUT2D eigenvalue weighted by Crippen LogP contribution is 1.88. The maximum absolute atomic E-state index is 7.08. The normalized spacial score (nSPS) is 9.22. The van der Waals surface area contributed by atoms with Gasteiger partial charge in [0.15, 0.2) is 0 Å². The number of amidine groups is 1. The Labute approximate surface area is 56.3 Å². The van der Waals surface area contributed by atoms with Crippen LogP contribution in [0.25, 0.3) is 0 Å². The minimum Gasteiger partial charge on any atom is -0.299 e. The van der Waals surface area contributed by atoms with Crippen molar-refractivity contribution in [3.05, 3.63) is 0 Å². The number of hydrazine groups is 1. The Morgan fingerprint density at radius 3 is 2.56 bits per heavy atom. The predicted octanol–water partition coefficient (Wildman–Crippen LogP) is 0.959. The van der Waals surface area contributed by atoms with Gasteiger partial charge in [-0.1, -0.05) is 13.3 Å². The Bertz CT molecular complexity index is 90.3. The minimum atomic E-state index is 0.434. The second-order valence-electron chi connectivity index (χ2n) is 2.13. The van der Waals surface area contributed by atoms with Crippen LogP contribution in [0, 0.1) is 5.41 Å². The van der Waals surface area contributed by atoms with Crippen molar-refractivity contribution in [3.63, 3.8) is 0 Å². The van der Waals surface area contributed by atoms with E-state index in [1.807, 2.05) is 0 Å². The SMILES string of the molecule is CCCCN(N)C(C)=N. The van der Waals surface area contributed by atoms with Crippen molar-refractivity contribution >= 4 is 5.84 Å². The van der Waals surface area contributed by atoms with Crippen LogP contribution in [0.2, 0.25) is 0 Å². The maximum atomic E-state index is 7.08. The first-order valence-corrected chi connectivity index (χ1v) is 3.26. The number of nitrogens with zero attached hydrogens (tertiary/aromatic N) is 1. The molecule has 0 aromatic rings. The molecule has 0 saturated heterocycles. The van der Waals surface area contributed by atoms with E-state index in [2.05, 4.69) is 6.92 Å². The smallest absolute Gasteiger partial charge is 0.107 e. The largest absolute Gasteiger partial charge is 0.299 e. The monoisotopic (exact) mass is 129 g/mol. The molecule has 0 heterocycles. The standard InChI is InChI=1S/C6H15N3/c1-3-4-5-9(8)6(2)7/h7H,3-5,8H2,1-2H3. The molecule has 3 heteroatoms. The van der Waals surface area contributed by atoms with Crippen molar-refractivity contribution in [2.75, 3.05) is 6.54 Å². The van der Waals surface area contributed by atoms with Gasteiger partial charge in [0.2, 0.25) is 0 Å². The maximum Gasteiger partial charge on any atom is 0.107 e. The summed E-state index contributed by atoms with van der Waals surface area (Å²) in [5, 5.41) is 8.54. The summed E-state index contributed by atoms with van der Waals surface area (Å²) in [6.45, 7) is 4.59. The van der Waals surface area contributed by atoms with E-state index in [-0.39, 0.29) is 0 Å². The van der Waals surface area contributed by atoms with Gasteiger partial charge >= 0.3 is 0 Å². The Morgan fingerprint density at radius 1 is 1.67 bits per heavy atom. The molecule has 54 valence electrons. The zero-order chi connectivity index (χ0) is 7.28. The fourth-order valence-electron chi connectivity index (χ4n) is 0.496. The minimum absolute atomic E-state index is 0.434. The first-order valence-electron chi connectivity index (χ1n) is 3.26. The van der Waals surface area contributed by atoms with Gasteiger partial charge in [0, 0.05) is 6.54 Å². The van der Waals surface area contributed by atoms with Gasteiger partial charge in [-0.25, -0.2) is 5.84 Å². The molecule has 0 bridgehead atoms. The third-order valence-corrected chi connectivity index (χ3v) is 1.18. The van der Waals surface area contributed by atoms with Crippen molar-refractivity contribution in [1.82, 2.24) is 5.01 Å². The van der Waals surface area contributed by atoms with Crippen LogP contribution in [0.15, 0.2) is 0 Å². The predicted molar refractivity (Wildman–Crippen MR) is 39.2 cm³/mol. The van der Waals surface area contributed by atoms with Crippen molar-refractivity contribution < 1.29 is 0 Å². The van der Waals surface area contributed by atoms with Crippen LogP contribution in [0.4, 0.5) is 0 Å². The van der Waals surface area contributed by atoms with Gasteiger partial charge in [0.1, 0.15) is 5.84 Å². The molecule has 0 rings (SSSR count). The highest BCUT2D eigenvalue weighted by Gasteiger charge is 1.95. The number of nitrogens with one attached hydrogen (secondary N) is 1. The van der Waals surface area contributed by atoms with Crippen LogP contribution >= 0.6 is 0 Å². The van der Waals surface area contributed by atoms with Gasteiger partial charge in [-0.2, -0.15) is 0 Å². The van der Waals surface area contributed by atoms with Crippen molar-refractivity contribution in [2.24, 2.45) is 5.84 Å². The van der Waals surface area contributed by atoms with Crippen LogP contribution in [0.1, 0.15) is 26.7 Å². The number of hydrogen-bond donors (Lipinski definition) is 2. The number of hydrogen-bond acceptors (Lipinski definition) is 2. The fraction of sp³-hybridized carbons (Fsp3) is 0.833. The Balaban J connectivity index is 3.27. The summed E-state index contributed by atoms with van der Waals surface area (Å²) in [4.78, 5) is 0. The van der Waals surface area contributed by atoms with E-state index in [1.165, 1.54) is 5.01 Å². The number of rotatable bonds is 3. The van der Waals surface area contributed by atoms with Gasteiger partial charge in [-0.3, -0.25) is 10.4 Å². The van der Waals surface area contributed by atoms with Crippen LogP contribution in [0.3, 0.4) is 0 Å². The van der Waals surface area contributed by atoms with Gasteiger partial charge in [0.05, 0.1) is 0 Å². The fourth-order valence-corrected chi connectivity index (χ4v) is 0.496. The van der Waals surface area contributed by atoms with E-state index < -0.39 is 0 Å². The molecule has 0 amide bonds. The van der Waals surface area contributed by atoms with E-state index >= 15 is 0 Å². The lowest BCUT2D eigenvalue weighted by Gasteiger charge is -2.15. The van der Waals surface area contributed by atoms with E-state index in [1.54, 1.807) is 6.92 Å². The summed E-state index contributed by atoms with van der Waals surface area (Å²) in [6.07, 6.45) is 2.19. The molecule has 0 radical (unpaired) electrons. The first-order chi connectivity index (χ1) is 4.18. The molecule has 0 aromatic carbocycles. The molecule has 0 aromatic heterocycles. The van der Waals surface area contributed by atoms with Gasteiger partial charge in [-0.15, -0.1) is 0 Å². The third kappa shape index (κ3) is 3.97. The lowest BCUT2D eigenvalue weighted by atomic mass is 10.3. The van der Waals surface area contributed by atoms with E-state index in [0.717, 1.165) is 19.4 Å². The van der Waals surface area contributed by atoms with Gasteiger partial charge < -0.3 is 0 Å². The lowest BCUT2D eigenvalue weighted by molar-refractivity contribution is 0.422. The van der Waals surface area contributed by atoms with E-state index in [0.29, 0.717) is 5.84 Å². The van der Waals surface area contributed by atoms with Crippen molar-refractivity contribution in [3.8, 4) is 0 Å². The van der Waals surface area contributed by atoms with E-state index in [9.17, 15) is 0 Å². The van der Waals surface area contributed by atoms with E-state index in [4.69, 9.17) is 11.3 Å². The highest BCUT2D eigenvalue weighted by molar-refractivity contribution is 5.75. The molecule has 3 nitrogen and oxygen atoms in total. The molecular weight excluding hydrogens is 114 g/mol. The number of nitrogens with two attached hydrogens (primary N) is 1. The van der Waals surface area contributed by atoms with Crippen LogP contribution in [-0.2, 0) is 0 Å². The highest BCUT2D eigenvalue weighted by atomic mass is 15.4. The average molecular weight is 129 g/mol. The molecule has 0 aliphatic carbocycles. The molecule has 0 spiro atoms. The summed E-state index contributed by atoms with van der Waals surface area (Å²) < 4.78 is 0. The molecule has 3 N–H and O–H groups in total. The lowest BCUT2D eigenvalue weighted by Crippen LogP contribution is -2.35. The zero-order valence-corrected chi connectivity index (χ0v) is 6.15. The van der Waals surface area contributed by atoms with Crippen LogP contribution < -0.4 is 5.84 Å². The Kier molecular flexibility index (Phi) is 4.05. The summed E-state index contributed by atoms with van der Waals surface area (Å²) in [5.74, 6) is 5.85.